The van der Waals surface area contributed by atoms with Gasteiger partial charge in [-0.25, -0.2) is 0 Å². The molecule has 3 nitrogen and oxygen atoms in total. The van der Waals surface area contributed by atoms with Crippen molar-refractivity contribution in [3.8, 4) is 5.75 Å². The molecular weight excluding hydrogens is 548 g/mol. The van der Waals surface area contributed by atoms with Gasteiger partial charge in [0.05, 0.1) is 6.04 Å². The van der Waals surface area contributed by atoms with Crippen LogP contribution < -0.4 is 10.1 Å². The number of halogens is 7. The highest BCUT2D eigenvalue weighted by atomic mass is 79.9. The second-order valence-corrected chi connectivity index (χ2v) is 7.74. The van der Waals surface area contributed by atoms with Crippen LogP contribution in [0.5, 0.6) is 5.75 Å². The van der Waals surface area contributed by atoms with Gasteiger partial charge in [-0.15, -0.1) is 38.0 Å². The maximum Gasteiger partial charge on any atom is 0.573 e. The lowest BCUT2D eigenvalue weighted by Gasteiger charge is -2.36. The molecule has 1 fully saturated rings. The van der Waals surface area contributed by atoms with Gasteiger partial charge in [0, 0.05) is 35.1 Å². The van der Waals surface area contributed by atoms with E-state index in [4.69, 9.17) is 0 Å². The van der Waals surface area contributed by atoms with Crippen LogP contribution in [0.2, 0.25) is 0 Å². The normalized spacial score (nSPS) is 15.9. The van der Waals surface area contributed by atoms with Gasteiger partial charge in [0.1, 0.15) is 5.75 Å². The summed E-state index contributed by atoms with van der Waals surface area (Å²) in [6.45, 7) is 3.45. The number of hydrogen-bond donors (Lipinski definition) is 1. The minimum Gasteiger partial charge on any atom is -0.406 e. The van der Waals surface area contributed by atoms with Crippen LogP contribution in [0.4, 0.5) is 13.2 Å². The van der Waals surface area contributed by atoms with Crippen LogP contribution in [0, 0.1) is 0 Å². The minimum absolute atomic E-state index is 0. The maximum atomic E-state index is 12.4. The van der Waals surface area contributed by atoms with Crippen molar-refractivity contribution in [1.82, 2.24) is 10.2 Å². The van der Waals surface area contributed by atoms with Crippen molar-refractivity contribution in [1.29, 1.82) is 0 Å². The lowest BCUT2D eigenvalue weighted by Crippen LogP contribution is -2.45. The number of hydrogen-bond acceptors (Lipinski definition) is 3. The highest BCUT2D eigenvalue weighted by Gasteiger charge is 2.31. The number of benzene rings is 2. The van der Waals surface area contributed by atoms with Gasteiger partial charge >= 0.3 is 6.36 Å². The van der Waals surface area contributed by atoms with Crippen LogP contribution in [0.15, 0.2) is 51.4 Å². The first kappa shape index (κ1) is 25.5. The molecule has 156 valence electrons. The summed E-state index contributed by atoms with van der Waals surface area (Å²) in [5, 5.41) is 3.33. The first-order valence-electron chi connectivity index (χ1n) is 8.09. The molecule has 2 aromatic rings. The third-order valence-corrected chi connectivity index (χ3v) is 5.41. The molecule has 0 amide bonds. The zero-order valence-corrected chi connectivity index (χ0v) is 19.3. The second-order valence-electron chi connectivity index (χ2n) is 5.97. The van der Waals surface area contributed by atoms with Crippen molar-refractivity contribution in [2.45, 2.75) is 12.4 Å². The Kier molecular flexibility index (Phi) is 10.1. The molecule has 1 heterocycles. The summed E-state index contributed by atoms with van der Waals surface area (Å²) in [5.41, 5.74) is 1.98. The molecule has 0 saturated carbocycles. The summed E-state index contributed by atoms with van der Waals surface area (Å²) in [5.74, 6) is -0.214. The Morgan fingerprint density at radius 3 is 2.14 bits per heavy atom. The Morgan fingerprint density at radius 1 is 0.964 bits per heavy atom. The van der Waals surface area contributed by atoms with Gasteiger partial charge in [-0.1, -0.05) is 44.0 Å². The van der Waals surface area contributed by atoms with Crippen molar-refractivity contribution in [3.63, 3.8) is 0 Å². The fourth-order valence-electron chi connectivity index (χ4n) is 3.10. The smallest absolute Gasteiger partial charge is 0.406 e. The van der Waals surface area contributed by atoms with Crippen molar-refractivity contribution < 1.29 is 17.9 Å². The van der Waals surface area contributed by atoms with Gasteiger partial charge in [0.15, 0.2) is 0 Å². The number of nitrogens with zero attached hydrogens (tertiary/aromatic N) is 1. The Morgan fingerprint density at radius 2 is 1.57 bits per heavy atom. The Labute approximate surface area is 191 Å². The predicted molar refractivity (Wildman–Crippen MR) is 116 cm³/mol. The van der Waals surface area contributed by atoms with E-state index >= 15 is 0 Å². The summed E-state index contributed by atoms with van der Waals surface area (Å²) in [6, 6.07) is 12.0. The van der Waals surface area contributed by atoms with Crippen LogP contribution in [-0.4, -0.2) is 37.4 Å². The molecule has 1 aliphatic heterocycles. The highest BCUT2D eigenvalue weighted by Crippen LogP contribution is 2.36. The second kappa shape index (κ2) is 11.0. The minimum atomic E-state index is -4.69. The van der Waals surface area contributed by atoms with Crippen LogP contribution in [0.25, 0.3) is 0 Å². The van der Waals surface area contributed by atoms with Gasteiger partial charge in [0.2, 0.25) is 0 Å². The molecule has 10 heteroatoms. The molecule has 28 heavy (non-hydrogen) atoms. The van der Waals surface area contributed by atoms with Gasteiger partial charge in [-0.05, 0) is 41.5 Å². The SMILES string of the molecule is Cl.Cl.FC(F)(F)Oc1ccc([C@H](c2cc(Br)ccc2Br)N2CCNCC2)cc1. The average Bonchev–Trinajstić information content (AvgIpc) is 2.59. The van der Waals surface area contributed by atoms with Gasteiger partial charge in [0.25, 0.3) is 0 Å². The van der Waals surface area contributed by atoms with Crippen molar-refractivity contribution >= 4 is 56.7 Å². The average molecular weight is 567 g/mol. The fourth-order valence-corrected chi connectivity index (χ4v) is 3.95. The number of rotatable bonds is 4. The number of nitrogens with one attached hydrogen (secondary N) is 1. The lowest BCUT2D eigenvalue weighted by atomic mass is 9.96. The monoisotopic (exact) mass is 564 g/mol. The van der Waals surface area contributed by atoms with E-state index in [1.54, 1.807) is 12.1 Å². The van der Waals surface area contributed by atoms with Crippen molar-refractivity contribution in [2.75, 3.05) is 26.2 Å². The standard InChI is InChI=1S/C18H17Br2F3N2O.2ClH/c19-13-3-6-16(20)15(11-13)17(25-9-7-24-8-10-25)12-1-4-14(5-2-12)26-18(21,22)23;;/h1-6,11,17,24H,7-10H2;2*1H/t17-;;/m1../s1. The summed E-state index contributed by atoms with van der Waals surface area (Å²) in [6.07, 6.45) is -4.69. The molecule has 3 rings (SSSR count). The largest absolute Gasteiger partial charge is 0.573 e. The number of ether oxygens (including phenoxy) is 1. The van der Waals surface area contributed by atoms with E-state index in [1.807, 2.05) is 18.2 Å². The number of alkyl halides is 3. The first-order chi connectivity index (χ1) is 12.3. The zero-order chi connectivity index (χ0) is 18.7. The molecule has 1 aliphatic rings. The topological polar surface area (TPSA) is 24.5 Å². The Balaban J connectivity index is 0.00000196. The Hall–Kier alpha value is -0.510. The van der Waals surface area contributed by atoms with E-state index in [1.165, 1.54) is 12.1 Å². The fraction of sp³-hybridized carbons (Fsp3) is 0.333. The molecule has 1 saturated heterocycles. The first-order valence-corrected chi connectivity index (χ1v) is 9.67. The van der Waals surface area contributed by atoms with Gasteiger partial charge < -0.3 is 10.1 Å². The molecule has 0 aromatic heterocycles. The molecule has 2 aromatic carbocycles. The number of piperazine rings is 1. The van der Waals surface area contributed by atoms with Crippen LogP contribution in [-0.2, 0) is 0 Å². The van der Waals surface area contributed by atoms with E-state index in [9.17, 15) is 13.2 Å². The molecule has 0 radical (unpaired) electrons. The van der Waals surface area contributed by atoms with E-state index in [-0.39, 0.29) is 36.6 Å². The third-order valence-electron chi connectivity index (χ3n) is 4.20. The molecule has 0 unspecified atom stereocenters. The summed E-state index contributed by atoms with van der Waals surface area (Å²) < 4.78 is 43.1. The predicted octanol–water partition coefficient (Wildman–Crippen LogP) is 5.95. The van der Waals surface area contributed by atoms with Crippen LogP contribution in [0.3, 0.4) is 0 Å². The summed E-state index contributed by atoms with van der Waals surface area (Å²) in [4.78, 5) is 2.32. The van der Waals surface area contributed by atoms with E-state index in [0.29, 0.717) is 0 Å². The summed E-state index contributed by atoms with van der Waals surface area (Å²) >= 11 is 7.12. The van der Waals surface area contributed by atoms with E-state index in [2.05, 4.69) is 46.8 Å². The van der Waals surface area contributed by atoms with Gasteiger partial charge in [-0.3, -0.25) is 4.90 Å². The molecule has 0 spiro atoms. The highest BCUT2D eigenvalue weighted by molar-refractivity contribution is 9.11. The molecule has 1 atom stereocenters. The maximum absolute atomic E-state index is 12.4. The van der Waals surface area contributed by atoms with Gasteiger partial charge in [-0.2, -0.15) is 0 Å². The van der Waals surface area contributed by atoms with E-state index < -0.39 is 6.36 Å². The molecule has 0 bridgehead atoms. The van der Waals surface area contributed by atoms with Crippen molar-refractivity contribution in [3.05, 3.63) is 62.5 Å². The third kappa shape index (κ3) is 6.78. The summed E-state index contributed by atoms with van der Waals surface area (Å²) in [7, 11) is 0. The molecule has 1 N–H and O–H groups in total. The Bertz CT molecular complexity index is 757. The van der Waals surface area contributed by atoms with Crippen LogP contribution in [0.1, 0.15) is 17.2 Å². The quantitative estimate of drug-likeness (QED) is 0.495. The van der Waals surface area contributed by atoms with E-state index in [0.717, 1.165) is 46.3 Å². The molecular formula is C18H19Br2Cl2F3N2O. The zero-order valence-electron chi connectivity index (χ0n) is 14.5. The van der Waals surface area contributed by atoms with Crippen LogP contribution >= 0.6 is 56.7 Å². The lowest BCUT2D eigenvalue weighted by molar-refractivity contribution is -0.274. The molecule has 0 aliphatic carbocycles. The van der Waals surface area contributed by atoms with Crippen molar-refractivity contribution in [2.24, 2.45) is 0 Å².